The molecule has 0 aliphatic rings. The lowest BCUT2D eigenvalue weighted by Gasteiger charge is -2.07. The average Bonchev–Trinajstić information content (AvgIpc) is 2.93. The zero-order valence-electron chi connectivity index (χ0n) is 11.0. The maximum Gasteiger partial charge on any atom is 0.0965 e. The maximum absolute atomic E-state index is 4.48. The Labute approximate surface area is 115 Å². The maximum atomic E-state index is 4.48. The van der Waals surface area contributed by atoms with Gasteiger partial charge in [-0.25, -0.2) is 4.98 Å². The van der Waals surface area contributed by atoms with Crippen LogP contribution in [0.25, 0.3) is 33.2 Å². The van der Waals surface area contributed by atoms with Gasteiger partial charge in [-0.3, -0.25) is 9.97 Å². The molecule has 20 heavy (non-hydrogen) atoms. The summed E-state index contributed by atoms with van der Waals surface area (Å²) in [6, 6.07) is 10.4. The topological polar surface area (TPSA) is 54.5 Å². The predicted molar refractivity (Wildman–Crippen MR) is 79.4 cm³/mol. The van der Waals surface area contributed by atoms with Crippen LogP contribution in [-0.2, 0) is 0 Å². The number of H-pyrrole nitrogens is 1. The van der Waals surface area contributed by atoms with Gasteiger partial charge in [-0.1, -0.05) is 6.07 Å². The number of aromatic amines is 1. The lowest BCUT2D eigenvalue weighted by molar-refractivity contribution is 1.28. The van der Waals surface area contributed by atoms with Gasteiger partial charge in [0, 0.05) is 18.0 Å². The molecule has 0 aliphatic heterocycles. The van der Waals surface area contributed by atoms with Crippen molar-refractivity contribution in [1.82, 2.24) is 19.9 Å². The Balaban J connectivity index is 2.05. The van der Waals surface area contributed by atoms with E-state index in [2.05, 4.69) is 51.1 Å². The third-order valence-corrected chi connectivity index (χ3v) is 3.45. The monoisotopic (exact) mass is 260 g/mol. The zero-order valence-corrected chi connectivity index (χ0v) is 11.0. The molecule has 0 unspecified atom stereocenters. The zero-order chi connectivity index (χ0) is 13.5. The van der Waals surface area contributed by atoms with E-state index in [0.29, 0.717) is 0 Å². The second-order valence-electron chi connectivity index (χ2n) is 4.87. The summed E-state index contributed by atoms with van der Waals surface area (Å²) in [5.41, 5.74) is 7.25. The predicted octanol–water partition coefficient (Wildman–Crippen LogP) is 3.48. The molecule has 4 heteroatoms. The normalized spacial score (nSPS) is 11.2. The van der Waals surface area contributed by atoms with Gasteiger partial charge in [0.2, 0.25) is 0 Å². The van der Waals surface area contributed by atoms with Crippen LogP contribution >= 0.6 is 0 Å². The molecule has 0 amide bonds. The molecule has 4 aromatic rings. The summed E-state index contributed by atoms with van der Waals surface area (Å²) in [7, 11) is 0. The SMILES string of the molecule is Cc1cc(-c2ccc3nc[nH]c3c2)c2nccnc2c1. The summed E-state index contributed by atoms with van der Waals surface area (Å²) in [5, 5.41) is 0. The number of aromatic nitrogens is 4. The van der Waals surface area contributed by atoms with E-state index >= 15 is 0 Å². The third kappa shape index (κ3) is 1.66. The Morgan fingerprint density at radius 1 is 0.900 bits per heavy atom. The fraction of sp³-hybridized carbons (Fsp3) is 0.0625. The summed E-state index contributed by atoms with van der Waals surface area (Å²) in [6.07, 6.45) is 5.17. The van der Waals surface area contributed by atoms with Crippen molar-refractivity contribution >= 4 is 22.1 Å². The second kappa shape index (κ2) is 4.13. The van der Waals surface area contributed by atoms with Gasteiger partial charge in [-0.2, -0.15) is 0 Å². The second-order valence-corrected chi connectivity index (χ2v) is 4.87. The number of benzene rings is 2. The Hall–Kier alpha value is -2.75. The molecule has 96 valence electrons. The van der Waals surface area contributed by atoms with Gasteiger partial charge in [0.05, 0.1) is 28.4 Å². The quantitative estimate of drug-likeness (QED) is 0.570. The summed E-state index contributed by atoms with van der Waals surface area (Å²) >= 11 is 0. The van der Waals surface area contributed by atoms with E-state index in [1.54, 1.807) is 18.7 Å². The molecule has 1 N–H and O–H groups in total. The van der Waals surface area contributed by atoms with E-state index in [-0.39, 0.29) is 0 Å². The first-order valence-corrected chi connectivity index (χ1v) is 6.46. The van der Waals surface area contributed by atoms with Crippen molar-refractivity contribution in [3.63, 3.8) is 0 Å². The molecule has 2 aromatic heterocycles. The lowest BCUT2D eigenvalue weighted by atomic mass is 10.0. The molecule has 0 bridgehead atoms. The molecule has 0 spiro atoms. The van der Waals surface area contributed by atoms with Crippen LogP contribution in [-0.4, -0.2) is 19.9 Å². The van der Waals surface area contributed by atoms with Crippen molar-refractivity contribution in [3.8, 4) is 11.1 Å². The highest BCUT2D eigenvalue weighted by atomic mass is 14.9. The number of fused-ring (bicyclic) bond motifs is 2. The standard InChI is InChI=1S/C16H12N4/c1-10-6-12(16-15(7-10)17-4-5-18-16)11-2-3-13-14(8-11)20-9-19-13/h2-9H,1H3,(H,19,20). The van der Waals surface area contributed by atoms with Gasteiger partial charge in [0.1, 0.15) is 0 Å². The van der Waals surface area contributed by atoms with Crippen molar-refractivity contribution in [1.29, 1.82) is 0 Å². The number of aryl methyl sites for hydroxylation is 1. The molecular formula is C16H12N4. The number of nitrogens with zero attached hydrogens (tertiary/aromatic N) is 3. The van der Waals surface area contributed by atoms with Crippen LogP contribution < -0.4 is 0 Å². The van der Waals surface area contributed by atoms with Crippen LogP contribution in [0.1, 0.15) is 5.56 Å². The van der Waals surface area contributed by atoms with Crippen LogP contribution in [0.5, 0.6) is 0 Å². The molecule has 2 aromatic carbocycles. The first-order chi connectivity index (χ1) is 9.81. The highest BCUT2D eigenvalue weighted by Crippen LogP contribution is 2.29. The van der Waals surface area contributed by atoms with E-state index in [1.165, 1.54) is 5.56 Å². The Morgan fingerprint density at radius 3 is 2.75 bits per heavy atom. The summed E-state index contributed by atoms with van der Waals surface area (Å²) < 4.78 is 0. The third-order valence-electron chi connectivity index (χ3n) is 3.45. The van der Waals surface area contributed by atoms with Crippen molar-refractivity contribution < 1.29 is 0 Å². The Morgan fingerprint density at radius 2 is 1.80 bits per heavy atom. The summed E-state index contributed by atoms with van der Waals surface area (Å²) in [6.45, 7) is 2.08. The summed E-state index contributed by atoms with van der Waals surface area (Å²) in [4.78, 5) is 16.3. The Kier molecular flexibility index (Phi) is 2.29. The van der Waals surface area contributed by atoms with Crippen molar-refractivity contribution in [2.45, 2.75) is 6.92 Å². The largest absolute Gasteiger partial charge is 0.345 e. The fourth-order valence-corrected chi connectivity index (χ4v) is 2.54. The molecule has 0 saturated heterocycles. The first-order valence-electron chi connectivity index (χ1n) is 6.46. The minimum absolute atomic E-state index is 0.923. The highest BCUT2D eigenvalue weighted by molar-refractivity contribution is 5.94. The van der Waals surface area contributed by atoms with Crippen molar-refractivity contribution in [3.05, 3.63) is 54.6 Å². The number of nitrogens with one attached hydrogen (secondary N) is 1. The number of rotatable bonds is 1. The minimum Gasteiger partial charge on any atom is -0.345 e. The van der Waals surface area contributed by atoms with Crippen LogP contribution in [0.4, 0.5) is 0 Å². The van der Waals surface area contributed by atoms with Crippen molar-refractivity contribution in [2.75, 3.05) is 0 Å². The van der Waals surface area contributed by atoms with Gasteiger partial charge in [-0.05, 0) is 42.3 Å². The summed E-state index contributed by atoms with van der Waals surface area (Å²) in [5.74, 6) is 0. The van der Waals surface area contributed by atoms with Gasteiger partial charge in [0.15, 0.2) is 0 Å². The Bertz CT molecular complexity index is 924. The number of imidazole rings is 1. The van der Waals surface area contributed by atoms with E-state index in [1.807, 2.05) is 6.07 Å². The molecule has 0 aliphatic carbocycles. The number of hydrogen-bond acceptors (Lipinski definition) is 3. The number of hydrogen-bond donors (Lipinski definition) is 1. The minimum atomic E-state index is 0.923. The van der Waals surface area contributed by atoms with Crippen LogP contribution in [0, 0.1) is 6.92 Å². The van der Waals surface area contributed by atoms with Gasteiger partial charge >= 0.3 is 0 Å². The highest BCUT2D eigenvalue weighted by Gasteiger charge is 2.08. The molecular weight excluding hydrogens is 248 g/mol. The fourth-order valence-electron chi connectivity index (χ4n) is 2.54. The molecule has 4 nitrogen and oxygen atoms in total. The molecule has 0 radical (unpaired) electrons. The van der Waals surface area contributed by atoms with E-state index < -0.39 is 0 Å². The van der Waals surface area contributed by atoms with E-state index in [4.69, 9.17) is 0 Å². The van der Waals surface area contributed by atoms with E-state index in [0.717, 1.165) is 33.2 Å². The van der Waals surface area contributed by atoms with Gasteiger partial charge in [0.25, 0.3) is 0 Å². The van der Waals surface area contributed by atoms with Gasteiger partial charge in [-0.15, -0.1) is 0 Å². The van der Waals surface area contributed by atoms with Gasteiger partial charge < -0.3 is 4.98 Å². The van der Waals surface area contributed by atoms with Crippen molar-refractivity contribution in [2.24, 2.45) is 0 Å². The molecule has 4 rings (SSSR count). The molecule has 2 heterocycles. The molecule has 0 fully saturated rings. The lowest BCUT2D eigenvalue weighted by Crippen LogP contribution is -1.89. The molecule has 0 saturated carbocycles. The van der Waals surface area contributed by atoms with Crippen LogP contribution in [0.2, 0.25) is 0 Å². The average molecular weight is 260 g/mol. The smallest absolute Gasteiger partial charge is 0.0965 e. The van der Waals surface area contributed by atoms with Crippen LogP contribution in [0.15, 0.2) is 49.1 Å². The van der Waals surface area contributed by atoms with E-state index in [9.17, 15) is 0 Å². The van der Waals surface area contributed by atoms with Crippen LogP contribution in [0.3, 0.4) is 0 Å². The molecule has 0 atom stereocenters. The first kappa shape index (κ1) is 11.1.